The van der Waals surface area contributed by atoms with Crippen LogP contribution in [0.4, 0.5) is 5.82 Å². The van der Waals surface area contributed by atoms with Crippen molar-refractivity contribution in [1.29, 1.82) is 0 Å². The van der Waals surface area contributed by atoms with Gasteiger partial charge in [0.15, 0.2) is 17.7 Å². The van der Waals surface area contributed by atoms with Crippen LogP contribution in [0.25, 0.3) is 11.2 Å². The summed E-state index contributed by atoms with van der Waals surface area (Å²) < 4.78 is 27.0. The van der Waals surface area contributed by atoms with E-state index in [1.54, 1.807) is 6.33 Å². The second-order valence-corrected chi connectivity index (χ2v) is 9.48. The van der Waals surface area contributed by atoms with Gasteiger partial charge in [-0.05, 0) is 41.5 Å². The Morgan fingerprint density at radius 2 is 1.93 bits per heavy atom. The van der Waals surface area contributed by atoms with E-state index in [0.717, 1.165) is 0 Å². The molecule has 2 N–H and O–H groups in total. The number of hydrogen-bond donors (Lipinski definition) is 1. The number of anilines is 1. The van der Waals surface area contributed by atoms with E-state index >= 15 is 0 Å². The summed E-state index contributed by atoms with van der Waals surface area (Å²) in [4.78, 5) is 12.7. The highest BCUT2D eigenvalue weighted by molar-refractivity contribution is 5.81. The van der Waals surface area contributed by atoms with E-state index in [1.165, 1.54) is 6.33 Å². The maximum Gasteiger partial charge on any atom is 0.167 e. The molecule has 2 saturated heterocycles. The molecule has 0 radical (unpaired) electrons. The van der Waals surface area contributed by atoms with Gasteiger partial charge in [-0.3, -0.25) is 4.57 Å². The fraction of sp³-hybridized carbons (Fsp3) is 0.737. The fourth-order valence-electron chi connectivity index (χ4n) is 3.67. The van der Waals surface area contributed by atoms with E-state index in [2.05, 4.69) is 15.0 Å². The first-order chi connectivity index (χ1) is 13.0. The van der Waals surface area contributed by atoms with Crippen LogP contribution in [-0.4, -0.2) is 61.7 Å². The second kappa shape index (κ2) is 6.35. The Morgan fingerprint density at radius 1 is 1.18 bits per heavy atom. The summed E-state index contributed by atoms with van der Waals surface area (Å²) >= 11 is 0. The Hall–Kier alpha value is -1.81. The lowest BCUT2D eigenvalue weighted by Gasteiger charge is -2.35. The number of fused-ring (bicyclic) bond motifs is 3. The number of imidazole rings is 1. The molecule has 4 heterocycles. The molecule has 0 spiro atoms. The van der Waals surface area contributed by atoms with Crippen molar-refractivity contribution in [3.05, 3.63) is 12.7 Å². The highest BCUT2D eigenvalue weighted by Crippen LogP contribution is 2.48. The van der Waals surface area contributed by atoms with Gasteiger partial charge in [0.25, 0.3) is 0 Å². The number of nitrogens with two attached hydrogens (primary N) is 1. The van der Waals surface area contributed by atoms with Crippen LogP contribution in [0, 0.1) is 0 Å². The SMILES string of the molecule is CC(C)(C)OC[C@@]12COC(C1OC(C)(C)C)[C@H](n1cnc3c(N)ncnc31)O2. The summed E-state index contributed by atoms with van der Waals surface area (Å²) in [6.45, 7) is 12.9. The van der Waals surface area contributed by atoms with Crippen molar-refractivity contribution < 1.29 is 18.9 Å². The second-order valence-electron chi connectivity index (χ2n) is 9.48. The van der Waals surface area contributed by atoms with Gasteiger partial charge in [0.1, 0.15) is 29.7 Å². The van der Waals surface area contributed by atoms with Gasteiger partial charge in [-0.1, -0.05) is 0 Å². The van der Waals surface area contributed by atoms with Gasteiger partial charge in [0, 0.05) is 0 Å². The van der Waals surface area contributed by atoms with E-state index in [-0.39, 0.29) is 23.4 Å². The molecule has 9 nitrogen and oxygen atoms in total. The highest BCUT2D eigenvalue weighted by atomic mass is 16.7. The topological polar surface area (TPSA) is 107 Å². The van der Waals surface area contributed by atoms with Crippen LogP contribution in [0.3, 0.4) is 0 Å². The molecule has 2 aliphatic heterocycles. The molecule has 0 aromatic carbocycles. The summed E-state index contributed by atoms with van der Waals surface area (Å²) in [5.74, 6) is 0.334. The summed E-state index contributed by atoms with van der Waals surface area (Å²) in [6.07, 6.45) is 2.06. The molecule has 0 saturated carbocycles. The van der Waals surface area contributed by atoms with Gasteiger partial charge >= 0.3 is 0 Å². The summed E-state index contributed by atoms with van der Waals surface area (Å²) in [6, 6.07) is 0. The zero-order valence-electron chi connectivity index (χ0n) is 17.3. The minimum absolute atomic E-state index is 0.281. The molecule has 2 aliphatic rings. The van der Waals surface area contributed by atoms with E-state index in [0.29, 0.717) is 30.2 Å². The van der Waals surface area contributed by atoms with Gasteiger partial charge in [0.2, 0.25) is 0 Å². The normalized spacial score (nSPS) is 30.4. The summed E-state index contributed by atoms with van der Waals surface area (Å²) in [5.41, 5.74) is 5.72. The molecule has 9 heteroatoms. The zero-order valence-corrected chi connectivity index (χ0v) is 17.3. The molecule has 4 rings (SSSR count). The number of hydrogen-bond acceptors (Lipinski definition) is 8. The largest absolute Gasteiger partial charge is 0.382 e. The quantitative estimate of drug-likeness (QED) is 0.844. The lowest BCUT2D eigenvalue weighted by molar-refractivity contribution is -0.209. The average Bonchev–Trinajstić information content (AvgIpc) is 3.22. The Morgan fingerprint density at radius 3 is 2.61 bits per heavy atom. The molecule has 154 valence electrons. The smallest absolute Gasteiger partial charge is 0.167 e. The molecule has 2 aromatic heterocycles. The van der Waals surface area contributed by atoms with Gasteiger partial charge in [-0.15, -0.1) is 0 Å². The van der Waals surface area contributed by atoms with E-state index < -0.39 is 11.8 Å². The van der Waals surface area contributed by atoms with E-state index in [9.17, 15) is 0 Å². The molecule has 2 aromatic rings. The van der Waals surface area contributed by atoms with Gasteiger partial charge in [-0.25, -0.2) is 15.0 Å². The standard InChI is InChI=1S/C19H29N5O4/c1-17(2,3)26-8-19-7-25-12(13(19)27-18(4,5)6)16(28-19)24-10-23-11-14(20)21-9-22-15(11)24/h9-10,12-13,16H,7-8H2,1-6H3,(H2,20,21,22)/t12?,13?,16-,19+/m1/s1. The number of ether oxygens (including phenoxy) is 4. The molecule has 2 unspecified atom stereocenters. The third kappa shape index (κ3) is 3.36. The molecule has 2 bridgehead atoms. The van der Waals surface area contributed by atoms with Crippen LogP contribution in [0.2, 0.25) is 0 Å². The van der Waals surface area contributed by atoms with Crippen LogP contribution < -0.4 is 5.73 Å². The van der Waals surface area contributed by atoms with Crippen LogP contribution in [0.1, 0.15) is 47.8 Å². The van der Waals surface area contributed by atoms with E-state index in [4.69, 9.17) is 24.7 Å². The predicted octanol–water partition coefficient (Wildman–Crippen LogP) is 2.07. The third-order valence-electron chi connectivity index (χ3n) is 4.86. The first-order valence-corrected chi connectivity index (χ1v) is 9.53. The maximum atomic E-state index is 6.54. The Labute approximate surface area is 164 Å². The minimum Gasteiger partial charge on any atom is -0.382 e. The molecule has 0 amide bonds. The summed E-state index contributed by atoms with van der Waals surface area (Å²) in [7, 11) is 0. The lowest BCUT2D eigenvalue weighted by atomic mass is 9.98. The van der Waals surface area contributed by atoms with Gasteiger partial charge in [0.05, 0.1) is 30.7 Å². The van der Waals surface area contributed by atoms with Crippen LogP contribution in [0.5, 0.6) is 0 Å². The van der Waals surface area contributed by atoms with Crippen molar-refractivity contribution in [2.24, 2.45) is 0 Å². The number of nitrogen functional groups attached to an aromatic ring is 1. The van der Waals surface area contributed by atoms with Gasteiger partial charge in [-0.2, -0.15) is 0 Å². The van der Waals surface area contributed by atoms with Crippen LogP contribution >= 0.6 is 0 Å². The van der Waals surface area contributed by atoms with Crippen molar-refractivity contribution in [2.45, 2.75) is 76.8 Å². The van der Waals surface area contributed by atoms with E-state index in [1.807, 2.05) is 46.1 Å². The van der Waals surface area contributed by atoms with Gasteiger partial charge < -0.3 is 24.7 Å². The van der Waals surface area contributed by atoms with Crippen LogP contribution in [0.15, 0.2) is 12.7 Å². The Balaban J connectivity index is 1.70. The van der Waals surface area contributed by atoms with Crippen molar-refractivity contribution >= 4 is 17.0 Å². The molecular weight excluding hydrogens is 362 g/mol. The first kappa shape index (κ1) is 19.5. The maximum absolute atomic E-state index is 6.54. The Bertz CT molecular complexity index is 871. The van der Waals surface area contributed by atoms with Crippen molar-refractivity contribution in [3.8, 4) is 0 Å². The van der Waals surface area contributed by atoms with Crippen LogP contribution in [-0.2, 0) is 18.9 Å². The molecule has 2 fully saturated rings. The van der Waals surface area contributed by atoms with Crippen molar-refractivity contribution in [1.82, 2.24) is 19.5 Å². The average molecular weight is 391 g/mol. The molecule has 0 aliphatic carbocycles. The van der Waals surface area contributed by atoms with Crippen molar-refractivity contribution in [2.75, 3.05) is 18.9 Å². The molecule has 28 heavy (non-hydrogen) atoms. The Kier molecular flexibility index (Phi) is 4.42. The molecule has 4 atom stereocenters. The predicted molar refractivity (Wildman–Crippen MR) is 103 cm³/mol. The molecular formula is C19H29N5O4. The fourth-order valence-corrected chi connectivity index (χ4v) is 3.67. The minimum atomic E-state index is -0.703. The summed E-state index contributed by atoms with van der Waals surface area (Å²) in [5, 5.41) is 0. The number of aromatic nitrogens is 4. The monoisotopic (exact) mass is 391 g/mol. The third-order valence-corrected chi connectivity index (χ3v) is 4.86. The lowest BCUT2D eigenvalue weighted by Crippen LogP contribution is -2.49. The number of rotatable bonds is 4. The zero-order chi connectivity index (χ0) is 20.3. The van der Waals surface area contributed by atoms with Crippen molar-refractivity contribution in [3.63, 3.8) is 0 Å². The number of nitrogens with zero attached hydrogens (tertiary/aromatic N) is 4. The highest BCUT2D eigenvalue weighted by Gasteiger charge is 2.64. The first-order valence-electron chi connectivity index (χ1n) is 9.53.